The molecule has 25 heavy (non-hydrogen) atoms. The zero-order valence-corrected chi connectivity index (χ0v) is 15.2. The lowest BCUT2D eigenvalue weighted by atomic mass is 9.99. The topological polar surface area (TPSA) is 53.1 Å². The minimum absolute atomic E-state index is 0.647. The van der Waals surface area contributed by atoms with Gasteiger partial charge in [-0.3, -0.25) is 0 Å². The van der Waals surface area contributed by atoms with Crippen molar-refractivity contribution in [1.82, 2.24) is 14.9 Å². The Bertz CT molecular complexity index is 754. The molecule has 0 atom stereocenters. The van der Waals surface area contributed by atoms with Crippen LogP contribution in [0.4, 0.5) is 17.5 Å². The molecular weight excluding hydrogens is 310 g/mol. The van der Waals surface area contributed by atoms with Crippen molar-refractivity contribution in [2.45, 2.75) is 45.1 Å². The predicted octanol–water partition coefficient (Wildman–Crippen LogP) is 3.91. The molecule has 1 aromatic carbocycles. The third kappa shape index (κ3) is 3.76. The van der Waals surface area contributed by atoms with Crippen LogP contribution < -0.4 is 10.6 Å². The first-order chi connectivity index (χ1) is 12.2. The van der Waals surface area contributed by atoms with Gasteiger partial charge in [-0.25, -0.2) is 4.98 Å². The van der Waals surface area contributed by atoms with Crippen molar-refractivity contribution in [2.24, 2.45) is 0 Å². The van der Waals surface area contributed by atoms with E-state index >= 15 is 0 Å². The maximum Gasteiger partial charge on any atom is 0.229 e. The lowest BCUT2D eigenvalue weighted by Gasteiger charge is -2.25. The second-order valence-corrected chi connectivity index (χ2v) is 7.29. The Balaban J connectivity index is 1.54. The maximum absolute atomic E-state index is 4.75. The van der Waals surface area contributed by atoms with E-state index in [-0.39, 0.29) is 0 Å². The molecule has 0 unspecified atom stereocenters. The number of rotatable bonds is 6. The Morgan fingerprint density at radius 3 is 2.92 bits per heavy atom. The van der Waals surface area contributed by atoms with Crippen LogP contribution in [0.3, 0.4) is 0 Å². The van der Waals surface area contributed by atoms with Crippen molar-refractivity contribution in [3.63, 3.8) is 0 Å². The van der Waals surface area contributed by atoms with Crippen molar-refractivity contribution in [3.8, 4) is 0 Å². The highest BCUT2D eigenvalue weighted by Gasteiger charge is 2.27. The van der Waals surface area contributed by atoms with Gasteiger partial charge >= 0.3 is 0 Å². The molecule has 2 N–H and O–H groups in total. The van der Waals surface area contributed by atoms with Crippen molar-refractivity contribution in [1.29, 1.82) is 0 Å². The summed E-state index contributed by atoms with van der Waals surface area (Å²) in [5.74, 6) is 2.33. The molecule has 2 heterocycles. The van der Waals surface area contributed by atoms with Crippen molar-refractivity contribution < 1.29 is 0 Å². The average molecular weight is 337 g/mol. The van der Waals surface area contributed by atoms with E-state index in [1.54, 1.807) is 0 Å². The molecule has 132 valence electrons. The van der Waals surface area contributed by atoms with Gasteiger partial charge in [-0.2, -0.15) is 4.98 Å². The van der Waals surface area contributed by atoms with Crippen LogP contribution in [0, 0.1) is 0 Å². The molecule has 1 saturated carbocycles. The Hall–Kier alpha value is -2.14. The van der Waals surface area contributed by atoms with E-state index < -0.39 is 0 Å². The van der Waals surface area contributed by atoms with E-state index in [1.807, 2.05) is 6.20 Å². The lowest BCUT2D eigenvalue weighted by Crippen LogP contribution is -2.26. The summed E-state index contributed by atoms with van der Waals surface area (Å²) >= 11 is 0. The highest BCUT2D eigenvalue weighted by Crippen LogP contribution is 2.42. The number of nitrogens with zero attached hydrogens (tertiary/aromatic N) is 3. The van der Waals surface area contributed by atoms with Crippen LogP contribution in [-0.4, -0.2) is 35.0 Å². The van der Waals surface area contributed by atoms with Gasteiger partial charge in [-0.05, 0) is 61.9 Å². The lowest BCUT2D eigenvalue weighted by molar-refractivity contribution is 0.313. The molecule has 0 amide bonds. The fourth-order valence-corrected chi connectivity index (χ4v) is 3.43. The number of anilines is 3. The van der Waals surface area contributed by atoms with Crippen LogP contribution >= 0.6 is 0 Å². The Kier molecular flexibility index (Phi) is 4.57. The van der Waals surface area contributed by atoms with Crippen molar-refractivity contribution in [3.05, 3.63) is 41.1 Å². The van der Waals surface area contributed by atoms with Gasteiger partial charge < -0.3 is 15.5 Å². The van der Waals surface area contributed by atoms with Crippen LogP contribution in [0.5, 0.6) is 0 Å². The standard InChI is InChI=1S/C20H27N5/c1-3-9-21-19-18(14-4-5-14)12-22-20(24-19)23-17-7-6-16-13-25(2)10-8-15(16)11-17/h6-7,11-12,14H,3-5,8-10,13H2,1-2H3,(H2,21,22,23,24). The molecule has 0 radical (unpaired) electrons. The van der Waals surface area contributed by atoms with Crippen LogP contribution in [0.15, 0.2) is 24.4 Å². The van der Waals surface area contributed by atoms with Gasteiger partial charge in [-0.15, -0.1) is 0 Å². The number of likely N-dealkylation sites (N-methyl/N-ethyl adjacent to an activating group) is 1. The second-order valence-electron chi connectivity index (χ2n) is 7.29. The third-order valence-corrected chi connectivity index (χ3v) is 5.04. The summed E-state index contributed by atoms with van der Waals surface area (Å²) in [7, 11) is 2.18. The highest BCUT2D eigenvalue weighted by molar-refractivity contribution is 5.59. The summed E-state index contributed by atoms with van der Waals surface area (Å²) in [5.41, 5.74) is 5.20. The highest BCUT2D eigenvalue weighted by atomic mass is 15.1. The SMILES string of the molecule is CCCNc1nc(Nc2ccc3c(c2)CCN(C)C3)ncc1C1CC1. The van der Waals surface area contributed by atoms with E-state index in [0.717, 1.165) is 44.0 Å². The van der Waals surface area contributed by atoms with E-state index in [9.17, 15) is 0 Å². The molecule has 5 heteroatoms. The van der Waals surface area contributed by atoms with Crippen molar-refractivity contribution in [2.75, 3.05) is 30.8 Å². The largest absolute Gasteiger partial charge is 0.370 e. The van der Waals surface area contributed by atoms with Gasteiger partial charge in [0.1, 0.15) is 5.82 Å². The van der Waals surface area contributed by atoms with Gasteiger partial charge in [0.05, 0.1) is 0 Å². The number of aromatic nitrogens is 2. The average Bonchev–Trinajstić information content (AvgIpc) is 3.45. The number of hydrogen-bond donors (Lipinski definition) is 2. The van der Waals surface area contributed by atoms with Gasteiger partial charge in [0.25, 0.3) is 0 Å². The number of hydrogen-bond acceptors (Lipinski definition) is 5. The molecule has 1 aliphatic carbocycles. The van der Waals surface area contributed by atoms with Crippen molar-refractivity contribution >= 4 is 17.5 Å². The summed E-state index contributed by atoms with van der Waals surface area (Å²) in [5, 5.41) is 6.86. The summed E-state index contributed by atoms with van der Waals surface area (Å²) in [6.45, 7) is 5.28. The molecule has 2 aromatic rings. The van der Waals surface area contributed by atoms with Crippen LogP contribution in [0.25, 0.3) is 0 Å². The van der Waals surface area contributed by atoms with E-state index in [1.165, 1.54) is 29.5 Å². The first-order valence-electron chi connectivity index (χ1n) is 9.41. The van der Waals surface area contributed by atoms with Crippen LogP contribution in [-0.2, 0) is 13.0 Å². The second kappa shape index (κ2) is 7.00. The zero-order chi connectivity index (χ0) is 17.2. The first kappa shape index (κ1) is 16.3. The Labute approximate surface area is 149 Å². The zero-order valence-electron chi connectivity index (χ0n) is 15.2. The molecule has 5 nitrogen and oxygen atoms in total. The molecule has 1 fully saturated rings. The first-order valence-corrected chi connectivity index (χ1v) is 9.41. The predicted molar refractivity (Wildman–Crippen MR) is 103 cm³/mol. The van der Waals surface area contributed by atoms with Gasteiger partial charge in [0.2, 0.25) is 5.95 Å². The summed E-state index contributed by atoms with van der Waals surface area (Å²) in [6, 6.07) is 6.61. The van der Waals surface area contributed by atoms with Crippen LogP contribution in [0.2, 0.25) is 0 Å². The molecule has 0 saturated heterocycles. The third-order valence-electron chi connectivity index (χ3n) is 5.04. The monoisotopic (exact) mass is 337 g/mol. The molecule has 0 bridgehead atoms. The van der Waals surface area contributed by atoms with Crippen LogP contribution in [0.1, 0.15) is 48.8 Å². The normalized spacial score (nSPS) is 17.2. The maximum atomic E-state index is 4.75. The van der Waals surface area contributed by atoms with E-state index in [2.05, 4.69) is 52.7 Å². The summed E-state index contributed by atoms with van der Waals surface area (Å²) < 4.78 is 0. The smallest absolute Gasteiger partial charge is 0.229 e. The minimum Gasteiger partial charge on any atom is -0.370 e. The summed E-state index contributed by atoms with van der Waals surface area (Å²) in [6.07, 6.45) is 6.72. The fourth-order valence-electron chi connectivity index (χ4n) is 3.43. The molecule has 1 aliphatic heterocycles. The summed E-state index contributed by atoms with van der Waals surface area (Å²) in [4.78, 5) is 11.7. The quantitative estimate of drug-likeness (QED) is 0.837. The molecule has 2 aliphatic rings. The van der Waals surface area contributed by atoms with Gasteiger partial charge in [0.15, 0.2) is 0 Å². The Morgan fingerprint density at radius 1 is 1.24 bits per heavy atom. The van der Waals surface area contributed by atoms with Gasteiger partial charge in [-0.1, -0.05) is 13.0 Å². The molecular formula is C20H27N5. The number of fused-ring (bicyclic) bond motifs is 1. The minimum atomic E-state index is 0.647. The van der Waals surface area contributed by atoms with Gasteiger partial charge in [0, 0.05) is 37.1 Å². The fraction of sp³-hybridized carbons (Fsp3) is 0.500. The molecule has 1 aromatic heterocycles. The Morgan fingerprint density at radius 2 is 2.12 bits per heavy atom. The molecule has 4 rings (SSSR count). The van der Waals surface area contributed by atoms with E-state index in [4.69, 9.17) is 4.98 Å². The van der Waals surface area contributed by atoms with E-state index in [0.29, 0.717) is 11.9 Å². The molecule has 0 spiro atoms. The number of benzene rings is 1. The number of nitrogens with one attached hydrogen (secondary N) is 2.